The van der Waals surface area contributed by atoms with Gasteiger partial charge in [0.1, 0.15) is 0 Å². The van der Waals surface area contributed by atoms with Crippen molar-refractivity contribution in [2.75, 3.05) is 13.1 Å². The molecule has 2 aliphatic heterocycles. The Balaban J connectivity index is 1.69. The number of aliphatic hydroxyl groups is 1. The fourth-order valence-electron chi connectivity index (χ4n) is 3.85. The Kier molecular flexibility index (Phi) is 2.47. The first-order chi connectivity index (χ1) is 9.24. The van der Waals surface area contributed by atoms with Crippen LogP contribution in [0.25, 0.3) is 10.9 Å². The first kappa shape index (κ1) is 11.5. The molecule has 2 fully saturated rings. The molecule has 1 aromatic carbocycles. The number of aromatic nitrogens is 1. The third-order valence-electron chi connectivity index (χ3n) is 4.98. The Morgan fingerprint density at radius 3 is 3.16 bits per heavy atom. The third kappa shape index (κ3) is 1.80. The first-order valence-corrected chi connectivity index (χ1v) is 7.29. The molecular weight excluding hydrogens is 236 g/mol. The molecule has 2 N–H and O–H groups in total. The minimum Gasteiger partial charge on any atom is -0.385 e. The molecule has 3 heterocycles. The minimum atomic E-state index is -0.628. The van der Waals surface area contributed by atoms with Crippen molar-refractivity contribution in [2.24, 2.45) is 0 Å². The molecule has 0 bridgehead atoms. The van der Waals surface area contributed by atoms with E-state index in [1.165, 1.54) is 24.8 Å². The Morgan fingerprint density at radius 1 is 1.26 bits per heavy atom. The summed E-state index contributed by atoms with van der Waals surface area (Å²) in [5.74, 6) is 0. The van der Waals surface area contributed by atoms with E-state index in [0.717, 1.165) is 30.5 Å². The van der Waals surface area contributed by atoms with Crippen LogP contribution in [0.4, 0.5) is 0 Å². The fraction of sp³-hybridized carbons (Fsp3) is 0.500. The average Bonchev–Trinajstić information content (AvgIpc) is 3.05. The van der Waals surface area contributed by atoms with Crippen LogP contribution in [0.5, 0.6) is 0 Å². The van der Waals surface area contributed by atoms with Gasteiger partial charge in [0.2, 0.25) is 0 Å². The van der Waals surface area contributed by atoms with E-state index in [2.05, 4.69) is 34.1 Å². The summed E-state index contributed by atoms with van der Waals surface area (Å²) in [5, 5.41) is 12.2. The zero-order valence-corrected chi connectivity index (χ0v) is 11.1. The largest absolute Gasteiger partial charge is 0.385 e. The van der Waals surface area contributed by atoms with E-state index in [0.29, 0.717) is 6.04 Å². The number of hydrogen-bond acceptors (Lipinski definition) is 2. The van der Waals surface area contributed by atoms with Gasteiger partial charge in [0.25, 0.3) is 0 Å². The second-order valence-corrected chi connectivity index (χ2v) is 6.10. The summed E-state index contributed by atoms with van der Waals surface area (Å²) in [7, 11) is 0. The van der Waals surface area contributed by atoms with Gasteiger partial charge in [-0.1, -0.05) is 6.07 Å². The van der Waals surface area contributed by atoms with Gasteiger partial charge in [-0.3, -0.25) is 0 Å². The van der Waals surface area contributed by atoms with Gasteiger partial charge in [0.05, 0.1) is 5.60 Å². The van der Waals surface area contributed by atoms with Crippen LogP contribution in [0.15, 0.2) is 30.5 Å². The van der Waals surface area contributed by atoms with Crippen molar-refractivity contribution in [3.63, 3.8) is 0 Å². The van der Waals surface area contributed by atoms with Crippen molar-refractivity contribution in [1.82, 2.24) is 9.88 Å². The molecule has 0 amide bonds. The van der Waals surface area contributed by atoms with E-state index in [-0.39, 0.29) is 0 Å². The van der Waals surface area contributed by atoms with Crippen molar-refractivity contribution < 1.29 is 5.11 Å². The van der Waals surface area contributed by atoms with Gasteiger partial charge in [0, 0.05) is 24.3 Å². The van der Waals surface area contributed by atoms with Crippen LogP contribution in [0, 0.1) is 0 Å². The molecule has 100 valence electrons. The number of rotatable bonds is 1. The van der Waals surface area contributed by atoms with Crippen LogP contribution in [0.3, 0.4) is 0 Å². The maximum atomic E-state index is 11.0. The molecule has 4 rings (SSSR count). The summed E-state index contributed by atoms with van der Waals surface area (Å²) in [5.41, 5.74) is 1.61. The molecule has 0 radical (unpaired) electrons. The minimum absolute atomic E-state index is 0.584. The van der Waals surface area contributed by atoms with Crippen molar-refractivity contribution in [2.45, 2.75) is 37.3 Å². The maximum Gasteiger partial charge on any atom is 0.0923 e. The average molecular weight is 256 g/mol. The molecule has 3 nitrogen and oxygen atoms in total. The van der Waals surface area contributed by atoms with Crippen LogP contribution in [0.1, 0.15) is 31.2 Å². The van der Waals surface area contributed by atoms with Crippen molar-refractivity contribution >= 4 is 10.9 Å². The van der Waals surface area contributed by atoms with E-state index in [9.17, 15) is 5.11 Å². The number of H-pyrrole nitrogens is 1. The highest BCUT2D eigenvalue weighted by atomic mass is 16.3. The van der Waals surface area contributed by atoms with Crippen LogP contribution in [-0.2, 0) is 5.60 Å². The number of nitrogens with one attached hydrogen (secondary N) is 1. The first-order valence-electron chi connectivity index (χ1n) is 7.29. The molecule has 2 unspecified atom stereocenters. The number of aromatic amines is 1. The fourth-order valence-corrected chi connectivity index (χ4v) is 3.85. The third-order valence-corrected chi connectivity index (χ3v) is 4.98. The van der Waals surface area contributed by atoms with E-state index in [1.807, 2.05) is 6.20 Å². The Labute approximate surface area is 113 Å². The molecule has 2 atom stereocenters. The van der Waals surface area contributed by atoms with Gasteiger partial charge < -0.3 is 15.0 Å². The second-order valence-electron chi connectivity index (χ2n) is 6.10. The van der Waals surface area contributed by atoms with E-state index < -0.39 is 5.60 Å². The molecule has 3 heteroatoms. The molecule has 19 heavy (non-hydrogen) atoms. The maximum absolute atomic E-state index is 11.0. The zero-order chi connectivity index (χ0) is 12.9. The predicted molar refractivity (Wildman–Crippen MR) is 76.0 cm³/mol. The normalized spacial score (nSPS) is 31.7. The molecule has 0 spiro atoms. The molecule has 2 saturated heterocycles. The summed E-state index contributed by atoms with van der Waals surface area (Å²) in [6, 6.07) is 8.98. The Bertz CT molecular complexity index is 606. The van der Waals surface area contributed by atoms with Crippen LogP contribution >= 0.6 is 0 Å². The molecule has 0 saturated carbocycles. The number of hydrogen-bond donors (Lipinski definition) is 2. The smallest absolute Gasteiger partial charge is 0.0923 e. The van der Waals surface area contributed by atoms with Crippen LogP contribution in [-0.4, -0.2) is 34.1 Å². The second kappa shape index (κ2) is 4.09. The molecule has 2 aromatic rings. The molecule has 2 aliphatic rings. The monoisotopic (exact) mass is 256 g/mol. The number of piperidine rings is 1. The summed E-state index contributed by atoms with van der Waals surface area (Å²) in [6.45, 7) is 2.25. The van der Waals surface area contributed by atoms with E-state index in [1.54, 1.807) is 0 Å². The van der Waals surface area contributed by atoms with Gasteiger partial charge in [-0.15, -0.1) is 0 Å². The van der Waals surface area contributed by atoms with Crippen LogP contribution < -0.4 is 0 Å². The Hall–Kier alpha value is -1.32. The number of fused-ring (bicyclic) bond motifs is 2. The summed E-state index contributed by atoms with van der Waals surface area (Å²) in [4.78, 5) is 5.75. The summed E-state index contributed by atoms with van der Waals surface area (Å²) in [6.07, 6.45) is 6.24. The highest BCUT2D eigenvalue weighted by Crippen LogP contribution is 2.40. The van der Waals surface area contributed by atoms with Gasteiger partial charge in [-0.05, 0) is 61.4 Å². The topological polar surface area (TPSA) is 39.3 Å². The van der Waals surface area contributed by atoms with Gasteiger partial charge in [0.15, 0.2) is 0 Å². The van der Waals surface area contributed by atoms with Crippen LogP contribution in [0.2, 0.25) is 0 Å². The van der Waals surface area contributed by atoms with E-state index >= 15 is 0 Å². The van der Waals surface area contributed by atoms with Gasteiger partial charge in [-0.25, -0.2) is 0 Å². The van der Waals surface area contributed by atoms with Gasteiger partial charge >= 0.3 is 0 Å². The molecule has 1 aromatic heterocycles. The lowest BCUT2D eigenvalue weighted by atomic mass is 9.81. The SMILES string of the molecule is OC1(c2ccc3[nH]ccc3c2)CCN2CCCC2C1. The van der Waals surface area contributed by atoms with Crippen molar-refractivity contribution in [3.8, 4) is 0 Å². The standard InChI is InChI=1S/C16H20N2O/c19-16(6-9-18-8-1-2-14(18)11-16)13-3-4-15-12(10-13)5-7-17-15/h3-5,7,10,14,17,19H,1-2,6,8-9,11H2. The lowest BCUT2D eigenvalue weighted by molar-refractivity contribution is -0.0408. The van der Waals surface area contributed by atoms with Gasteiger partial charge in [-0.2, -0.15) is 0 Å². The number of benzene rings is 1. The number of nitrogens with zero attached hydrogens (tertiary/aromatic N) is 1. The zero-order valence-electron chi connectivity index (χ0n) is 11.1. The van der Waals surface area contributed by atoms with Crippen molar-refractivity contribution in [1.29, 1.82) is 0 Å². The molecular formula is C16H20N2O. The Morgan fingerprint density at radius 2 is 2.21 bits per heavy atom. The highest BCUT2D eigenvalue weighted by Gasteiger charge is 2.41. The highest BCUT2D eigenvalue weighted by molar-refractivity contribution is 5.80. The lowest BCUT2D eigenvalue weighted by Crippen LogP contribution is -2.45. The van der Waals surface area contributed by atoms with E-state index in [4.69, 9.17) is 0 Å². The summed E-state index contributed by atoms with van der Waals surface area (Å²) >= 11 is 0. The van der Waals surface area contributed by atoms with Crippen molar-refractivity contribution in [3.05, 3.63) is 36.0 Å². The summed E-state index contributed by atoms with van der Waals surface area (Å²) < 4.78 is 0. The quantitative estimate of drug-likeness (QED) is 0.823. The molecule has 0 aliphatic carbocycles. The lowest BCUT2D eigenvalue weighted by Gasteiger charge is -2.41. The predicted octanol–water partition coefficient (Wildman–Crippen LogP) is 2.61.